The Hall–Kier alpha value is -2.82. The number of carbonyl (C=O) groups excluding carboxylic acids is 2. The number of hydrogen-bond donors (Lipinski definition) is 3. The molecule has 0 aliphatic heterocycles. The second kappa shape index (κ2) is 7.09. The molecule has 5 nitrogen and oxygen atoms in total. The lowest BCUT2D eigenvalue weighted by molar-refractivity contribution is -0.119. The Morgan fingerprint density at radius 1 is 0.810 bits per heavy atom. The first-order chi connectivity index (χ1) is 10.2. The van der Waals surface area contributed by atoms with Crippen molar-refractivity contribution in [1.29, 1.82) is 0 Å². The molecule has 108 valence electrons. The average molecular weight is 283 g/mol. The highest BCUT2D eigenvalue weighted by Gasteiger charge is 2.16. The van der Waals surface area contributed by atoms with E-state index >= 15 is 0 Å². The van der Waals surface area contributed by atoms with Gasteiger partial charge in [0.1, 0.15) is 0 Å². The van der Waals surface area contributed by atoms with Crippen LogP contribution in [0.1, 0.15) is 24.1 Å². The number of benzene rings is 2. The van der Waals surface area contributed by atoms with Gasteiger partial charge in [-0.15, -0.1) is 0 Å². The van der Waals surface area contributed by atoms with E-state index in [1.54, 1.807) is 0 Å². The van der Waals surface area contributed by atoms with Crippen LogP contribution in [0, 0.1) is 0 Å². The van der Waals surface area contributed by atoms with Gasteiger partial charge in [-0.05, 0) is 11.1 Å². The fourth-order valence-electron chi connectivity index (χ4n) is 1.96. The molecule has 0 aliphatic carbocycles. The average Bonchev–Trinajstić information content (AvgIpc) is 2.52. The quantitative estimate of drug-likeness (QED) is 0.755. The maximum Gasteiger partial charge on any atom is 0.334 e. The summed E-state index contributed by atoms with van der Waals surface area (Å²) in [6.45, 7) is 1.33. The van der Waals surface area contributed by atoms with Gasteiger partial charge >= 0.3 is 6.03 Å². The van der Waals surface area contributed by atoms with Crippen LogP contribution < -0.4 is 16.2 Å². The van der Waals surface area contributed by atoms with Gasteiger partial charge in [0.15, 0.2) is 0 Å². The largest absolute Gasteiger partial charge is 0.334 e. The number of nitrogens with one attached hydrogen (secondary N) is 3. The van der Waals surface area contributed by atoms with Gasteiger partial charge in [0.05, 0.1) is 6.04 Å². The number of rotatable bonds is 3. The zero-order valence-corrected chi connectivity index (χ0v) is 11.7. The summed E-state index contributed by atoms with van der Waals surface area (Å²) in [5.41, 5.74) is 6.47. The first kappa shape index (κ1) is 14.6. The molecule has 0 bridgehead atoms. The summed E-state index contributed by atoms with van der Waals surface area (Å²) in [6.07, 6.45) is 0. The molecule has 0 unspecified atom stereocenters. The van der Waals surface area contributed by atoms with Crippen molar-refractivity contribution in [2.24, 2.45) is 0 Å². The standard InChI is InChI=1S/C16H17N3O2/c1-12(20)18-19-16(21)17-15(13-8-4-2-5-9-13)14-10-6-3-7-11-14/h2-11,15H,1H3,(H,18,20)(H2,17,19,21). The topological polar surface area (TPSA) is 70.2 Å². The molecule has 0 heterocycles. The maximum atomic E-state index is 11.9. The fourth-order valence-corrected chi connectivity index (χ4v) is 1.96. The second-order valence-electron chi connectivity index (χ2n) is 4.53. The number of hydrogen-bond acceptors (Lipinski definition) is 2. The van der Waals surface area contributed by atoms with Crippen LogP contribution in [0.5, 0.6) is 0 Å². The van der Waals surface area contributed by atoms with Gasteiger partial charge in [-0.25, -0.2) is 10.2 Å². The molecule has 3 amide bonds. The molecule has 0 spiro atoms. The lowest BCUT2D eigenvalue weighted by Crippen LogP contribution is -2.47. The van der Waals surface area contributed by atoms with Crippen molar-refractivity contribution in [2.75, 3.05) is 0 Å². The van der Waals surface area contributed by atoms with E-state index in [0.717, 1.165) is 11.1 Å². The Bertz CT molecular complexity index is 560. The van der Waals surface area contributed by atoms with Crippen molar-refractivity contribution >= 4 is 11.9 Å². The second-order valence-corrected chi connectivity index (χ2v) is 4.53. The Morgan fingerprint density at radius 2 is 1.29 bits per heavy atom. The van der Waals surface area contributed by atoms with Crippen molar-refractivity contribution in [3.8, 4) is 0 Å². The van der Waals surface area contributed by atoms with Crippen LogP contribution in [0.4, 0.5) is 4.79 Å². The first-order valence-electron chi connectivity index (χ1n) is 6.60. The zero-order valence-electron chi connectivity index (χ0n) is 11.7. The lowest BCUT2D eigenvalue weighted by Gasteiger charge is -2.20. The van der Waals surface area contributed by atoms with E-state index in [0.29, 0.717) is 0 Å². The minimum Gasteiger partial charge on any atom is -0.326 e. The Balaban J connectivity index is 2.17. The Morgan fingerprint density at radius 3 is 1.71 bits per heavy atom. The zero-order chi connectivity index (χ0) is 15.1. The van der Waals surface area contributed by atoms with Crippen LogP contribution in [0.3, 0.4) is 0 Å². The number of hydrazine groups is 1. The summed E-state index contributed by atoms with van der Waals surface area (Å²) in [7, 11) is 0. The molecule has 0 radical (unpaired) electrons. The smallest absolute Gasteiger partial charge is 0.326 e. The number of amides is 3. The van der Waals surface area contributed by atoms with Gasteiger partial charge in [0.25, 0.3) is 0 Å². The van der Waals surface area contributed by atoms with Gasteiger partial charge in [-0.2, -0.15) is 0 Å². The van der Waals surface area contributed by atoms with E-state index in [1.807, 2.05) is 60.7 Å². The molecule has 0 atom stereocenters. The summed E-state index contributed by atoms with van der Waals surface area (Å²) < 4.78 is 0. The van der Waals surface area contributed by atoms with Gasteiger partial charge in [-0.3, -0.25) is 10.2 Å². The minimum absolute atomic E-state index is 0.291. The fraction of sp³-hybridized carbons (Fsp3) is 0.125. The molecule has 3 N–H and O–H groups in total. The molecule has 0 aliphatic rings. The summed E-state index contributed by atoms with van der Waals surface area (Å²) in [6, 6.07) is 18.5. The third kappa shape index (κ3) is 4.35. The van der Waals surface area contributed by atoms with Crippen LogP contribution in [-0.4, -0.2) is 11.9 Å². The van der Waals surface area contributed by atoms with Gasteiger partial charge < -0.3 is 5.32 Å². The predicted octanol–water partition coefficient (Wildman–Crippen LogP) is 2.13. The van der Waals surface area contributed by atoms with Gasteiger partial charge in [0, 0.05) is 6.92 Å². The van der Waals surface area contributed by atoms with E-state index < -0.39 is 6.03 Å². The van der Waals surface area contributed by atoms with Gasteiger partial charge in [-0.1, -0.05) is 60.7 Å². The third-order valence-corrected chi connectivity index (χ3v) is 2.89. The highest BCUT2D eigenvalue weighted by Crippen LogP contribution is 2.21. The molecule has 2 rings (SSSR count). The van der Waals surface area contributed by atoms with E-state index in [1.165, 1.54) is 6.92 Å². The van der Waals surface area contributed by atoms with Crippen LogP contribution in [0.25, 0.3) is 0 Å². The molecule has 0 saturated carbocycles. The van der Waals surface area contributed by atoms with Crippen LogP contribution in [0.15, 0.2) is 60.7 Å². The highest BCUT2D eigenvalue weighted by molar-refractivity contribution is 5.80. The Kier molecular flexibility index (Phi) is 4.93. The van der Waals surface area contributed by atoms with Crippen molar-refractivity contribution < 1.29 is 9.59 Å². The molecule has 5 heteroatoms. The van der Waals surface area contributed by atoms with Crippen molar-refractivity contribution in [3.63, 3.8) is 0 Å². The molecule has 0 saturated heterocycles. The lowest BCUT2D eigenvalue weighted by atomic mass is 9.99. The summed E-state index contributed by atoms with van der Waals surface area (Å²) in [5.74, 6) is -0.332. The molecular formula is C16H17N3O2. The predicted molar refractivity (Wildman–Crippen MR) is 80.2 cm³/mol. The molecule has 2 aromatic rings. The van der Waals surface area contributed by atoms with Crippen molar-refractivity contribution in [1.82, 2.24) is 16.2 Å². The molecule has 21 heavy (non-hydrogen) atoms. The Labute approximate surface area is 123 Å². The van der Waals surface area contributed by atoms with E-state index in [2.05, 4.69) is 16.2 Å². The molecule has 0 fully saturated rings. The molecule has 2 aromatic carbocycles. The summed E-state index contributed by atoms with van der Waals surface area (Å²) in [4.78, 5) is 22.7. The summed E-state index contributed by atoms with van der Waals surface area (Å²) in [5, 5.41) is 2.84. The molecule has 0 aromatic heterocycles. The monoisotopic (exact) mass is 283 g/mol. The summed E-state index contributed by atoms with van der Waals surface area (Å²) >= 11 is 0. The van der Waals surface area contributed by atoms with Crippen LogP contribution >= 0.6 is 0 Å². The normalized spacial score (nSPS) is 10.0. The minimum atomic E-state index is -0.470. The van der Waals surface area contributed by atoms with Crippen LogP contribution in [0.2, 0.25) is 0 Å². The van der Waals surface area contributed by atoms with Crippen LogP contribution in [-0.2, 0) is 4.79 Å². The van der Waals surface area contributed by atoms with E-state index in [4.69, 9.17) is 0 Å². The van der Waals surface area contributed by atoms with E-state index in [9.17, 15) is 9.59 Å². The van der Waals surface area contributed by atoms with Crippen molar-refractivity contribution in [2.45, 2.75) is 13.0 Å². The third-order valence-electron chi connectivity index (χ3n) is 2.89. The van der Waals surface area contributed by atoms with Crippen molar-refractivity contribution in [3.05, 3.63) is 71.8 Å². The highest BCUT2D eigenvalue weighted by atomic mass is 16.2. The maximum absolute atomic E-state index is 11.9. The number of urea groups is 1. The van der Waals surface area contributed by atoms with Gasteiger partial charge in [0.2, 0.25) is 5.91 Å². The number of carbonyl (C=O) groups is 2. The first-order valence-corrected chi connectivity index (χ1v) is 6.60. The SMILES string of the molecule is CC(=O)NNC(=O)NC(c1ccccc1)c1ccccc1. The molecular weight excluding hydrogens is 266 g/mol. The van der Waals surface area contributed by atoms with E-state index in [-0.39, 0.29) is 11.9 Å².